The predicted molar refractivity (Wildman–Crippen MR) is 463 cm³/mol. The van der Waals surface area contributed by atoms with E-state index in [4.69, 9.17) is 37.0 Å². The fourth-order valence-electron chi connectivity index (χ4n) is 10.7. The van der Waals surface area contributed by atoms with E-state index in [0.29, 0.717) is 32.1 Å². The quantitative estimate of drug-likeness (QED) is 0.0169. The normalized spacial score (nSPS) is 14.7. The second-order valence-electron chi connectivity index (χ2n) is 27.6. The highest BCUT2D eigenvalue weighted by Gasteiger charge is 2.30. The molecule has 0 aromatic rings. The molecule has 0 saturated carbocycles. The molecule has 0 heterocycles. The summed E-state index contributed by atoms with van der Waals surface area (Å²) in [5, 5.41) is 10.7. The third kappa shape index (κ3) is 81.9. The zero-order valence-electron chi connectivity index (χ0n) is 69.5. The van der Waals surface area contributed by atoms with Crippen LogP contribution in [0.25, 0.3) is 0 Å². The molecule has 0 spiro atoms. The third-order valence-electron chi connectivity index (χ3n) is 17.0. The Bertz CT molecular complexity index is 2890. The van der Waals surface area contributed by atoms with Crippen LogP contribution in [0.2, 0.25) is 0 Å². The molecule has 0 aliphatic carbocycles. The molecule has 17 nitrogen and oxygen atoms in total. The number of esters is 4. The number of aliphatic hydroxyl groups excluding tert-OH is 1. The summed E-state index contributed by atoms with van der Waals surface area (Å²) in [6, 6.07) is 0. The molecule has 0 radical (unpaired) electrons. The van der Waals surface area contributed by atoms with Gasteiger partial charge in [0.15, 0.2) is 12.2 Å². The fraction of sp³-hybridized carbons (Fsp3) is 0.613. The SMILES string of the molecule is CC/C=C\C/C=C\C/C=C\C/C=C\C/C=C\C/C=C\CCC(=O)OCC(COP(=O)(O)OCC(O)COP(=O)(O)OCC(COC(=O)CCCCC/C=C\C/C=C\C/C=C\C/C=C\C/C=C\CC)OC(=O)CCCCCCCC/C=C\C/C=C\C/C=C\C/C=C\CC)OC(=O)CCCCCCC/C=C\CCCCCCCC. The van der Waals surface area contributed by atoms with Crippen LogP contribution in [-0.4, -0.2) is 96.7 Å². The van der Waals surface area contributed by atoms with E-state index in [-0.39, 0.29) is 25.7 Å². The first kappa shape index (κ1) is 106. The van der Waals surface area contributed by atoms with E-state index >= 15 is 0 Å². The van der Waals surface area contributed by atoms with Crippen molar-refractivity contribution >= 4 is 39.5 Å². The summed E-state index contributed by atoms with van der Waals surface area (Å²) < 4.78 is 68.7. The van der Waals surface area contributed by atoms with Gasteiger partial charge in [-0.15, -0.1) is 0 Å². The van der Waals surface area contributed by atoms with Crippen molar-refractivity contribution in [1.29, 1.82) is 0 Å². The van der Waals surface area contributed by atoms with E-state index in [1.165, 1.54) is 38.5 Å². The molecule has 0 aliphatic heterocycles. The van der Waals surface area contributed by atoms with Crippen molar-refractivity contribution in [2.45, 2.75) is 329 Å². The molecule has 0 bridgehead atoms. The number of hydrogen-bond acceptors (Lipinski definition) is 15. The number of phosphoric acid groups is 2. The third-order valence-corrected chi connectivity index (χ3v) is 18.9. The number of phosphoric ester groups is 2. The molecule has 0 fully saturated rings. The van der Waals surface area contributed by atoms with Gasteiger partial charge in [-0.3, -0.25) is 37.3 Å². The number of carbonyl (C=O) groups is 4. The Morgan fingerprint density at radius 2 is 0.482 bits per heavy atom. The molecule has 0 aliphatic rings. The summed E-state index contributed by atoms with van der Waals surface area (Å²) in [7, 11) is -10.0. The Balaban J connectivity index is 5.52. The Morgan fingerprint density at radius 1 is 0.259 bits per heavy atom. The second-order valence-corrected chi connectivity index (χ2v) is 30.5. The molecule has 0 rings (SSSR count). The zero-order chi connectivity index (χ0) is 81.7. The first-order valence-electron chi connectivity index (χ1n) is 42.7. The van der Waals surface area contributed by atoms with Crippen molar-refractivity contribution in [3.63, 3.8) is 0 Å². The van der Waals surface area contributed by atoms with Crippen molar-refractivity contribution < 1.29 is 80.2 Å². The van der Waals surface area contributed by atoms with Gasteiger partial charge in [0.25, 0.3) is 0 Å². The van der Waals surface area contributed by atoms with Gasteiger partial charge < -0.3 is 33.8 Å². The van der Waals surface area contributed by atoms with Crippen LogP contribution in [0.3, 0.4) is 0 Å². The van der Waals surface area contributed by atoms with Crippen molar-refractivity contribution in [2.75, 3.05) is 39.6 Å². The van der Waals surface area contributed by atoms with Gasteiger partial charge in [-0.2, -0.15) is 0 Å². The maximum atomic E-state index is 13.2. The van der Waals surface area contributed by atoms with Crippen LogP contribution in [0, 0.1) is 0 Å². The summed E-state index contributed by atoms with van der Waals surface area (Å²) in [6.45, 7) is 4.38. The second kappa shape index (κ2) is 82.9. The number of rotatable bonds is 78. The van der Waals surface area contributed by atoms with E-state index in [9.17, 15) is 43.2 Å². The smallest absolute Gasteiger partial charge is 0.462 e. The van der Waals surface area contributed by atoms with Crippen molar-refractivity contribution in [2.24, 2.45) is 0 Å². The Morgan fingerprint density at radius 3 is 0.786 bits per heavy atom. The van der Waals surface area contributed by atoms with Crippen LogP contribution in [-0.2, 0) is 65.4 Å². The monoisotopic (exact) mass is 1600 g/mol. The molecule has 5 atom stereocenters. The zero-order valence-corrected chi connectivity index (χ0v) is 71.3. The lowest BCUT2D eigenvalue weighted by Crippen LogP contribution is -2.30. The van der Waals surface area contributed by atoms with Crippen LogP contribution in [0.15, 0.2) is 194 Å². The molecular formula is C93H150O17P2. The van der Waals surface area contributed by atoms with Crippen LogP contribution < -0.4 is 0 Å². The molecule has 0 aromatic heterocycles. The van der Waals surface area contributed by atoms with Crippen LogP contribution >= 0.6 is 15.6 Å². The lowest BCUT2D eigenvalue weighted by molar-refractivity contribution is -0.161. The van der Waals surface area contributed by atoms with E-state index < -0.39 is 97.5 Å². The molecule has 0 aromatic carbocycles. The van der Waals surface area contributed by atoms with Gasteiger partial charge in [0.05, 0.1) is 26.4 Å². The highest BCUT2D eigenvalue weighted by molar-refractivity contribution is 7.47. The Hall–Kier alpha value is -6.10. The molecule has 19 heteroatoms. The first-order chi connectivity index (χ1) is 54.7. The number of aliphatic hydroxyl groups is 1. The number of ether oxygens (including phenoxy) is 4. The van der Waals surface area contributed by atoms with Crippen LogP contribution in [0.5, 0.6) is 0 Å². The van der Waals surface area contributed by atoms with Crippen LogP contribution in [0.4, 0.5) is 0 Å². The number of hydrogen-bond donors (Lipinski definition) is 3. The minimum absolute atomic E-state index is 0.0277. The number of carbonyl (C=O) groups excluding carboxylic acids is 4. The van der Waals surface area contributed by atoms with Gasteiger partial charge in [0, 0.05) is 25.7 Å². The van der Waals surface area contributed by atoms with Gasteiger partial charge in [0.2, 0.25) is 0 Å². The van der Waals surface area contributed by atoms with E-state index in [0.717, 1.165) is 186 Å². The maximum absolute atomic E-state index is 13.2. The minimum atomic E-state index is -5.01. The van der Waals surface area contributed by atoms with Gasteiger partial charge in [-0.25, -0.2) is 9.13 Å². The summed E-state index contributed by atoms with van der Waals surface area (Å²) >= 11 is 0. The summed E-state index contributed by atoms with van der Waals surface area (Å²) in [4.78, 5) is 73.3. The Kier molecular flexibility index (Phi) is 78.4. The summed E-state index contributed by atoms with van der Waals surface area (Å²) in [5.74, 6) is -2.35. The van der Waals surface area contributed by atoms with E-state index in [2.05, 4.69) is 204 Å². The lowest BCUT2D eigenvalue weighted by Gasteiger charge is -2.21. The van der Waals surface area contributed by atoms with Crippen molar-refractivity contribution in [1.82, 2.24) is 0 Å². The molecule has 0 saturated heterocycles. The highest BCUT2D eigenvalue weighted by Crippen LogP contribution is 2.45. The molecule has 634 valence electrons. The molecule has 0 amide bonds. The standard InChI is InChI=1S/C93H150O17P2/c1-5-9-13-17-21-25-29-33-37-40-43-46-50-53-57-61-65-69-73-77-90(95)103-83-88(109-92(97)79-75-71-67-63-59-55-49-36-32-28-24-20-16-12-8-4)85-107-111(99,100)105-81-87(94)82-106-112(101,102)108-86-89(110-93(98)80-76-72-68-64-60-56-52-48-45-42-39-35-31-27-23-19-15-11-7-3)84-104-91(96)78-74-70-66-62-58-54-51-47-44-41-38-34-30-26-22-18-14-10-6-2/h9-11,13-15,21-23,25-27,33-39,43-49,53-54,57-58,65,69,87-89,94H,5-8,12,16-20,24,28-32,40-42,50-52,55-56,59-64,66-68,70-86H2,1-4H3,(H,99,100)(H,101,102)/b13-9-,14-10-,15-11-,25-21-,26-22-,27-23-,37-33-,38-34-,39-35-,46-43-,47-44-,48-45-,49-36-,57-53-,58-54-,69-65-. The van der Waals surface area contributed by atoms with Gasteiger partial charge in [-0.05, 0) is 173 Å². The first-order valence-corrected chi connectivity index (χ1v) is 45.7. The minimum Gasteiger partial charge on any atom is -0.462 e. The molecule has 3 N–H and O–H groups in total. The largest absolute Gasteiger partial charge is 0.472 e. The summed E-state index contributed by atoms with van der Waals surface area (Å²) in [6.07, 6.45) is 103. The summed E-state index contributed by atoms with van der Waals surface area (Å²) in [5.41, 5.74) is 0. The fourth-order valence-corrected chi connectivity index (χ4v) is 12.2. The maximum Gasteiger partial charge on any atom is 0.472 e. The van der Waals surface area contributed by atoms with Crippen LogP contribution in [0.1, 0.15) is 310 Å². The van der Waals surface area contributed by atoms with Gasteiger partial charge in [-0.1, -0.05) is 306 Å². The van der Waals surface area contributed by atoms with Crippen molar-refractivity contribution in [3.8, 4) is 0 Å². The Labute approximate surface area is 678 Å². The van der Waals surface area contributed by atoms with Crippen molar-refractivity contribution in [3.05, 3.63) is 194 Å². The van der Waals surface area contributed by atoms with Gasteiger partial charge in [0.1, 0.15) is 19.3 Å². The van der Waals surface area contributed by atoms with E-state index in [1.807, 2.05) is 18.2 Å². The average Bonchev–Trinajstić information content (AvgIpc) is 0.898. The lowest BCUT2D eigenvalue weighted by atomic mass is 10.1. The molecule has 112 heavy (non-hydrogen) atoms. The molecular weight excluding hydrogens is 1450 g/mol. The topological polar surface area (TPSA) is 237 Å². The van der Waals surface area contributed by atoms with Gasteiger partial charge >= 0.3 is 39.5 Å². The predicted octanol–water partition coefficient (Wildman–Crippen LogP) is 25.7. The van der Waals surface area contributed by atoms with E-state index in [1.54, 1.807) is 0 Å². The number of unbranched alkanes of at least 4 members (excludes halogenated alkanes) is 20. The average molecular weight is 1600 g/mol. The number of allylic oxidation sites excluding steroid dienone is 32. The highest BCUT2D eigenvalue weighted by atomic mass is 31.2. The molecule has 5 unspecified atom stereocenters.